The molecule has 0 aliphatic carbocycles. The Hall–Kier alpha value is -1.36. The molecule has 0 aliphatic rings. The van der Waals surface area contributed by atoms with Gasteiger partial charge in [0.25, 0.3) is 0 Å². The van der Waals surface area contributed by atoms with Gasteiger partial charge in [0.1, 0.15) is 17.5 Å². The molecule has 0 amide bonds. The van der Waals surface area contributed by atoms with E-state index in [0.29, 0.717) is 11.6 Å². The third kappa shape index (κ3) is 3.32. The molecule has 1 aromatic rings. The molecule has 1 aromatic heterocycles. The predicted molar refractivity (Wildman–Crippen MR) is 74.6 cm³/mol. The van der Waals surface area contributed by atoms with Gasteiger partial charge in [-0.2, -0.15) is 0 Å². The molecule has 0 atom stereocenters. The van der Waals surface area contributed by atoms with Crippen LogP contribution in [-0.2, 0) is 0 Å². The Bertz CT molecular complexity index is 380. The molecule has 102 valence electrons. The fraction of sp³-hybridized carbons (Fsp3) is 0.692. The van der Waals surface area contributed by atoms with Crippen molar-refractivity contribution < 1.29 is 5.11 Å². The molecule has 0 radical (unpaired) electrons. The van der Waals surface area contributed by atoms with Crippen molar-refractivity contribution in [2.75, 3.05) is 17.7 Å². The Balaban J connectivity index is 3.03. The first-order valence-electron chi connectivity index (χ1n) is 6.49. The summed E-state index contributed by atoms with van der Waals surface area (Å²) in [6.45, 7) is 8.21. The standard InChI is InChI=1S/C13H24N4O/c1-5-13(6-2,8-18)17-11-7-10(14)15-12(16-11)9(3)4/h7,9,18H,5-6,8H2,1-4H3,(H3,14,15,16,17). The molecule has 0 aliphatic heterocycles. The van der Waals surface area contributed by atoms with Gasteiger partial charge in [0.2, 0.25) is 0 Å². The molecule has 4 N–H and O–H groups in total. The average Bonchev–Trinajstić information content (AvgIpc) is 2.35. The van der Waals surface area contributed by atoms with Gasteiger partial charge in [0.05, 0.1) is 12.1 Å². The Morgan fingerprint density at radius 1 is 1.33 bits per heavy atom. The first kappa shape index (κ1) is 14.7. The van der Waals surface area contributed by atoms with Crippen LogP contribution in [0.2, 0.25) is 0 Å². The van der Waals surface area contributed by atoms with Gasteiger partial charge in [-0.15, -0.1) is 0 Å². The van der Waals surface area contributed by atoms with Crippen molar-refractivity contribution in [3.63, 3.8) is 0 Å². The molecule has 0 unspecified atom stereocenters. The fourth-order valence-electron chi connectivity index (χ4n) is 1.77. The molecule has 0 saturated heterocycles. The quantitative estimate of drug-likeness (QED) is 0.722. The molecule has 0 aromatic carbocycles. The van der Waals surface area contributed by atoms with Gasteiger partial charge in [0.15, 0.2) is 0 Å². The van der Waals surface area contributed by atoms with E-state index in [1.165, 1.54) is 0 Å². The maximum absolute atomic E-state index is 9.55. The number of nitrogens with zero attached hydrogens (tertiary/aromatic N) is 2. The number of aromatic nitrogens is 2. The highest BCUT2D eigenvalue weighted by atomic mass is 16.3. The number of nitrogen functional groups attached to an aromatic ring is 1. The maximum Gasteiger partial charge on any atom is 0.135 e. The van der Waals surface area contributed by atoms with Gasteiger partial charge in [-0.05, 0) is 12.8 Å². The number of hydrogen-bond acceptors (Lipinski definition) is 5. The van der Waals surface area contributed by atoms with E-state index in [2.05, 4.69) is 15.3 Å². The van der Waals surface area contributed by atoms with Crippen LogP contribution in [0.3, 0.4) is 0 Å². The van der Waals surface area contributed by atoms with Gasteiger partial charge < -0.3 is 16.2 Å². The molecule has 0 saturated carbocycles. The molecular weight excluding hydrogens is 228 g/mol. The van der Waals surface area contributed by atoms with Crippen LogP contribution in [0, 0.1) is 0 Å². The van der Waals surface area contributed by atoms with Gasteiger partial charge >= 0.3 is 0 Å². The lowest BCUT2D eigenvalue weighted by Gasteiger charge is -2.31. The van der Waals surface area contributed by atoms with Crippen molar-refractivity contribution in [2.45, 2.75) is 52.0 Å². The highest BCUT2D eigenvalue weighted by Crippen LogP contribution is 2.23. The summed E-state index contributed by atoms with van der Waals surface area (Å²) in [6, 6.07) is 1.71. The maximum atomic E-state index is 9.55. The van der Waals surface area contributed by atoms with E-state index < -0.39 is 0 Å². The lowest BCUT2D eigenvalue weighted by molar-refractivity contribution is 0.202. The second-order valence-corrected chi connectivity index (χ2v) is 4.96. The summed E-state index contributed by atoms with van der Waals surface area (Å²) >= 11 is 0. The van der Waals surface area contributed by atoms with Crippen LogP contribution in [0.1, 0.15) is 52.3 Å². The van der Waals surface area contributed by atoms with Crippen molar-refractivity contribution >= 4 is 11.6 Å². The minimum Gasteiger partial charge on any atom is -0.394 e. The van der Waals surface area contributed by atoms with Crippen LogP contribution in [-0.4, -0.2) is 27.2 Å². The molecule has 0 spiro atoms. The first-order valence-corrected chi connectivity index (χ1v) is 6.49. The summed E-state index contributed by atoms with van der Waals surface area (Å²) in [5, 5.41) is 12.8. The van der Waals surface area contributed by atoms with Gasteiger partial charge in [-0.25, -0.2) is 9.97 Å². The van der Waals surface area contributed by atoms with E-state index >= 15 is 0 Å². The summed E-state index contributed by atoms with van der Waals surface area (Å²) in [5.74, 6) is 2.08. The molecule has 1 rings (SSSR count). The summed E-state index contributed by atoms with van der Waals surface area (Å²) in [6.07, 6.45) is 1.64. The minimum absolute atomic E-state index is 0.0704. The number of anilines is 2. The molecule has 5 nitrogen and oxygen atoms in total. The Kier molecular flexibility index (Phi) is 4.90. The van der Waals surface area contributed by atoms with Crippen molar-refractivity contribution in [3.05, 3.63) is 11.9 Å². The summed E-state index contributed by atoms with van der Waals surface area (Å²) in [4.78, 5) is 8.65. The SMILES string of the molecule is CCC(CC)(CO)Nc1cc(N)nc(C(C)C)n1. The highest BCUT2D eigenvalue weighted by Gasteiger charge is 2.25. The van der Waals surface area contributed by atoms with E-state index in [1.54, 1.807) is 6.07 Å². The normalized spacial score (nSPS) is 11.9. The van der Waals surface area contributed by atoms with Crippen LogP contribution in [0.5, 0.6) is 0 Å². The van der Waals surface area contributed by atoms with Gasteiger partial charge in [-0.3, -0.25) is 0 Å². The minimum atomic E-state index is -0.338. The average molecular weight is 252 g/mol. The molecular formula is C13H24N4O. The number of nitrogens with two attached hydrogens (primary N) is 1. The summed E-state index contributed by atoms with van der Waals surface area (Å²) in [7, 11) is 0. The zero-order valence-corrected chi connectivity index (χ0v) is 11.7. The summed E-state index contributed by atoms with van der Waals surface area (Å²) < 4.78 is 0. The molecule has 0 bridgehead atoms. The van der Waals surface area contributed by atoms with Crippen LogP contribution in [0.4, 0.5) is 11.6 Å². The van der Waals surface area contributed by atoms with Crippen LogP contribution in [0.15, 0.2) is 6.07 Å². The highest BCUT2D eigenvalue weighted by molar-refractivity contribution is 5.46. The predicted octanol–water partition coefficient (Wildman–Crippen LogP) is 2.15. The van der Waals surface area contributed by atoms with Gasteiger partial charge in [-0.1, -0.05) is 27.7 Å². The molecule has 5 heteroatoms. The number of nitrogens with one attached hydrogen (secondary N) is 1. The largest absolute Gasteiger partial charge is 0.394 e. The smallest absolute Gasteiger partial charge is 0.135 e. The first-order chi connectivity index (χ1) is 8.46. The van der Waals surface area contributed by atoms with E-state index in [4.69, 9.17) is 5.73 Å². The molecule has 0 fully saturated rings. The third-order valence-corrected chi connectivity index (χ3v) is 3.33. The lowest BCUT2D eigenvalue weighted by Crippen LogP contribution is -2.41. The monoisotopic (exact) mass is 252 g/mol. The topological polar surface area (TPSA) is 84.1 Å². The number of hydrogen-bond donors (Lipinski definition) is 3. The third-order valence-electron chi connectivity index (χ3n) is 3.33. The lowest BCUT2D eigenvalue weighted by atomic mass is 9.94. The number of rotatable bonds is 6. The Morgan fingerprint density at radius 2 is 1.94 bits per heavy atom. The number of aliphatic hydroxyl groups excluding tert-OH is 1. The summed E-state index contributed by atoms with van der Waals surface area (Å²) in [5.41, 5.74) is 5.45. The van der Waals surface area contributed by atoms with Crippen LogP contribution in [0.25, 0.3) is 0 Å². The van der Waals surface area contributed by atoms with Crippen LogP contribution < -0.4 is 11.1 Å². The van der Waals surface area contributed by atoms with E-state index in [0.717, 1.165) is 18.7 Å². The second kappa shape index (κ2) is 6.00. The van der Waals surface area contributed by atoms with E-state index in [1.807, 2.05) is 27.7 Å². The zero-order valence-electron chi connectivity index (χ0n) is 11.7. The molecule has 18 heavy (non-hydrogen) atoms. The number of aliphatic hydroxyl groups is 1. The Labute approximate surface area is 109 Å². The zero-order chi connectivity index (χ0) is 13.8. The van der Waals surface area contributed by atoms with Crippen molar-refractivity contribution in [3.8, 4) is 0 Å². The molecule has 1 heterocycles. The van der Waals surface area contributed by atoms with E-state index in [-0.39, 0.29) is 18.1 Å². The van der Waals surface area contributed by atoms with Crippen molar-refractivity contribution in [1.29, 1.82) is 0 Å². The fourth-order valence-corrected chi connectivity index (χ4v) is 1.77. The second-order valence-electron chi connectivity index (χ2n) is 4.96. The Morgan fingerprint density at radius 3 is 2.39 bits per heavy atom. The van der Waals surface area contributed by atoms with Crippen molar-refractivity contribution in [1.82, 2.24) is 9.97 Å². The van der Waals surface area contributed by atoms with Gasteiger partial charge in [0, 0.05) is 12.0 Å². The van der Waals surface area contributed by atoms with E-state index in [9.17, 15) is 5.11 Å². The van der Waals surface area contributed by atoms with Crippen molar-refractivity contribution in [2.24, 2.45) is 0 Å². The van der Waals surface area contributed by atoms with Crippen LogP contribution >= 0.6 is 0 Å².